The molecule has 0 atom stereocenters. The third-order valence-corrected chi connectivity index (χ3v) is 9.12. The molecule has 0 spiro atoms. The number of aromatic hydroxyl groups is 1. The molecule has 1 heterocycles. The summed E-state index contributed by atoms with van der Waals surface area (Å²) in [6.45, 7) is 0. The van der Waals surface area contributed by atoms with Crippen molar-refractivity contribution in [3.05, 3.63) is 96.2 Å². The fourth-order valence-corrected chi connectivity index (χ4v) is 7.01. The minimum Gasteiger partial charge on any atom is -0.506 e. The Bertz CT molecular complexity index is 1730. The number of aromatic nitrogens is 1. The third-order valence-electron chi connectivity index (χ3n) is 6.67. The highest BCUT2D eigenvalue weighted by atomic mass is 32.2. The van der Waals surface area contributed by atoms with Crippen LogP contribution in [-0.2, 0) is 22.9 Å². The molecule has 180 valence electrons. The second-order valence-corrected chi connectivity index (χ2v) is 11.8. The van der Waals surface area contributed by atoms with Crippen LogP contribution in [-0.4, -0.2) is 18.5 Å². The van der Waals surface area contributed by atoms with E-state index in [9.17, 15) is 13.5 Å². The van der Waals surface area contributed by atoms with Crippen LogP contribution in [0.3, 0.4) is 0 Å². The van der Waals surface area contributed by atoms with E-state index in [4.69, 9.17) is 0 Å². The fraction of sp³-hybridized carbons (Fsp3) is 0.138. The van der Waals surface area contributed by atoms with E-state index in [1.807, 2.05) is 54.6 Å². The van der Waals surface area contributed by atoms with Crippen molar-refractivity contribution < 1.29 is 13.5 Å². The predicted molar refractivity (Wildman–Crippen MR) is 145 cm³/mol. The summed E-state index contributed by atoms with van der Waals surface area (Å²) < 4.78 is 29.7. The smallest absolute Gasteiger partial charge is 0.261 e. The van der Waals surface area contributed by atoms with Crippen LogP contribution in [0.2, 0.25) is 0 Å². The molecule has 0 amide bonds. The lowest BCUT2D eigenvalue weighted by atomic mass is 9.92. The maximum atomic E-state index is 13.5. The molecule has 0 saturated heterocycles. The quantitative estimate of drug-likeness (QED) is 0.250. The first-order chi connectivity index (χ1) is 17.5. The highest BCUT2D eigenvalue weighted by Gasteiger charge is 2.21. The summed E-state index contributed by atoms with van der Waals surface area (Å²) in [6.07, 6.45) is 5.86. The molecule has 1 aromatic heterocycles. The number of phenolic OH excluding ortho intramolecular Hbond substituents is 1. The average molecular weight is 513 g/mol. The van der Waals surface area contributed by atoms with Gasteiger partial charge in [-0.1, -0.05) is 60.3 Å². The van der Waals surface area contributed by atoms with Gasteiger partial charge in [0, 0.05) is 27.3 Å². The van der Waals surface area contributed by atoms with Crippen LogP contribution in [0.4, 0.5) is 5.69 Å². The molecular weight excluding hydrogens is 488 g/mol. The standard InChI is InChI=1S/C29H24N2O3S2/c32-29-24-12-4-3-11-23(24)25(18-27(29)35-26-13-5-9-20-10-6-16-30-28(20)26)31-36(33,34)22-15-14-19-7-1-2-8-21(19)17-22/h3-6,9-18,31-32H,1-2,7-8H2. The molecule has 7 heteroatoms. The summed E-state index contributed by atoms with van der Waals surface area (Å²) >= 11 is 1.37. The normalized spacial score (nSPS) is 13.6. The van der Waals surface area contributed by atoms with Crippen molar-refractivity contribution >= 4 is 49.1 Å². The molecule has 36 heavy (non-hydrogen) atoms. The molecule has 1 aliphatic carbocycles. The zero-order valence-electron chi connectivity index (χ0n) is 19.4. The molecule has 0 bridgehead atoms. The number of rotatable bonds is 5. The van der Waals surface area contributed by atoms with Crippen LogP contribution in [0, 0.1) is 0 Å². The Morgan fingerprint density at radius 2 is 1.58 bits per heavy atom. The predicted octanol–water partition coefficient (Wildman–Crippen LogP) is 6.92. The van der Waals surface area contributed by atoms with Crippen molar-refractivity contribution in [1.29, 1.82) is 0 Å². The summed E-state index contributed by atoms with van der Waals surface area (Å²) in [6, 6.07) is 24.2. The van der Waals surface area contributed by atoms with Crippen LogP contribution >= 0.6 is 11.8 Å². The van der Waals surface area contributed by atoms with Gasteiger partial charge in [0.15, 0.2) is 0 Å². The van der Waals surface area contributed by atoms with Crippen LogP contribution < -0.4 is 4.72 Å². The second kappa shape index (κ2) is 9.15. The van der Waals surface area contributed by atoms with Crippen molar-refractivity contribution in [2.75, 3.05) is 4.72 Å². The SMILES string of the molecule is O=S(=O)(Nc1cc(Sc2cccc3cccnc23)c(O)c2ccccc12)c1ccc2c(c1)CCCC2. The molecule has 0 fully saturated rings. The lowest BCUT2D eigenvalue weighted by Gasteiger charge is -2.18. The molecule has 0 unspecified atom stereocenters. The first-order valence-electron chi connectivity index (χ1n) is 11.9. The molecule has 5 aromatic rings. The maximum Gasteiger partial charge on any atom is 0.261 e. The molecule has 0 saturated carbocycles. The van der Waals surface area contributed by atoms with E-state index in [1.165, 1.54) is 17.3 Å². The Morgan fingerprint density at radius 1 is 0.806 bits per heavy atom. The van der Waals surface area contributed by atoms with Gasteiger partial charge < -0.3 is 5.11 Å². The van der Waals surface area contributed by atoms with Gasteiger partial charge in [0.05, 0.1) is 21.0 Å². The van der Waals surface area contributed by atoms with E-state index in [0.29, 0.717) is 21.4 Å². The fourth-order valence-electron chi connectivity index (χ4n) is 4.85. The van der Waals surface area contributed by atoms with Crippen molar-refractivity contribution in [3.8, 4) is 5.75 Å². The van der Waals surface area contributed by atoms with Gasteiger partial charge in [-0.05, 0) is 67.1 Å². The van der Waals surface area contributed by atoms with Crippen LogP contribution in [0.15, 0.2) is 99.7 Å². The number of anilines is 1. The van der Waals surface area contributed by atoms with Crippen molar-refractivity contribution in [2.24, 2.45) is 0 Å². The van der Waals surface area contributed by atoms with Gasteiger partial charge in [0.2, 0.25) is 0 Å². The van der Waals surface area contributed by atoms with Gasteiger partial charge in [-0.3, -0.25) is 9.71 Å². The summed E-state index contributed by atoms with van der Waals surface area (Å²) in [5.41, 5.74) is 3.60. The van der Waals surface area contributed by atoms with E-state index < -0.39 is 10.0 Å². The van der Waals surface area contributed by atoms with E-state index in [1.54, 1.807) is 30.5 Å². The number of nitrogens with one attached hydrogen (secondary N) is 1. The van der Waals surface area contributed by atoms with Gasteiger partial charge >= 0.3 is 0 Å². The lowest BCUT2D eigenvalue weighted by Crippen LogP contribution is -2.14. The average Bonchev–Trinajstić information content (AvgIpc) is 2.91. The highest BCUT2D eigenvalue weighted by Crippen LogP contribution is 2.44. The first kappa shape index (κ1) is 22.9. The van der Waals surface area contributed by atoms with Gasteiger partial charge in [-0.2, -0.15) is 0 Å². The van der Waals surface area contributed by atoms with Gasteiger partial charge in [-0.15, -0.1) is 0 Å². The Morgan fingerprint density at radius 3 is 2.44 bits per heavy atom. The molecule has 4 aromatic carbocycles. The lowest BCUT2D eigenvalue weighted by molar-refractivity contribution is 0.469. The molecule has 1 aliphatic rings. The minimum absolute atomic E-state index is 0.111. The Balaban J connectivity index is 1.43. The highest BCUT2D eigenvalue weighted by molar-refractivity contribution is 7.99. The monoisotopic (exact) mass is 512 g/mol. The Kier molecular flexibility index (Phi) is 5.82. The third kappa shape index (κ3) is 4.18. The van der Waals surface area contributed by atoms with Gasteiger partial charge in [0.1, 0.15) is 5.75 Å². The number of hydrogen-bond donors (Lipinski definition) is 2. The summed E-state index contributed by atoms with van der Waals surface area (Å²) in [5, 5.41) is 13.4. The maximum absolute atomic E-state index is 13.5. The summed E-state index contributed by atoms with van der Waals surface area (Å²) in [4.78, 5) is 6.20. The van der Waals surface area contributed by atoms with Crippen molar-refractivity contribution in [2.45, 2.75) is 40.4 Å². The van der Waals surface area contributed by atoms with Crippen molar-refractivity contribution in [3.63, 3.8) is 0 Å². The number of sulfonamides is 1. The molecule has 0 radical (unpaired) electrons. The van der Waals surface area contributed by atoms with E-state index in [2.05, 4.69) is 9.71 Å². The molecule has 2 N–H and O–H groups in total. The summed E-state index contributed by atoms with van der Waals surface area (Å²) in [7, 11) is -3.83. The topological polar surface area (TPSA) is 79.3 Å². The first-order valence-corrected chi connectivity index (χ1v) is 14.2. The van der Waals surface area contributed by atoms with E-state index in [0.717, 1.165) is 47.0 Å². The zero-order valence-corrected chi connectivity index (χ0v) is 21.1. The number of aryl methyl sites for hydroxylation is 2. The molecule has 5 nitrogen and oxygen atoms in total. The van der Waals surface area contributed by atoms with Gasteiger partial charge in [0.25, 0.3) is 10.0 Å². The number of phenols is 1. The minimum atomic E-state index is -3.83. The number of pyridine rings is 1. The van der Waals surface area contributed by atoms with Gasteiger partial charge in [-0.25, -0.2) is 8.42 Å². The Hall–Kier alpha value is -3.55. The second-order valence-electron chi connectivity index (χ2n) is 8.99. The van der Waals surface area contributed by atoms with Crippen LogP contribution in [0.5, 0.6) is 5.75 Å². The zero-order chi connectivity index (χ0) is 24.7. The molecular formula is C29H24N2O3S2. The van der Waals surface area contributed by atoms with Crippen LogP contribution in [0.25, 0.3) is 21.7 Å². The number of nitrogens with zero attached hydrogens (tertiary/aromatic N) is 1. The van der Waals surface area contributed by atoms with E-state index in [-0.39, 0.29) is 10.6 Å². The number of para-hydroxylation sites is 1. The number of hydrogen-bond acceptors (Lipinski definition) is 5. The van der Waals surface area contributed by atoms with E-state index >= 15 is 0 Å². The largest absolute Gasteiger partial charge is 0.506 e. The Labute approximate surface area is 214 Å². The number of benzene rings is 4. The summed E-state index contributed by atoms with van der Waals surface area (Å²) in [5.74, 6) is 0.111. The van der Waals surface area contributed by atoms with Crippen LogP contribution in [0.1, 0.15) is 24.0 Å². The molecule has 0 aliphatic heterocycles. The number of fused-ring (bicyclic) bond motifs is 3. The van der Waals surface area contributed by atoms with Crippen molar-refractivity contribution in [1.82, 2.24) is 4.98 Å². The molecule has 6 rings (SSSR count).